The molecule has 1 atom stereocenters. The molecule has 1 unspecified atom stereocenters. The predicted molar refractivity (Wildman–Crippen MR) is 130 cm³/mol. The molecule has 176 valence electrons. The van der Waals surface area contributed by atoms with Gasteiger partial charge in [-0.2, -0.15) is 5.10 Å². The Morgan fingerprint density at radius 1 is 1.12 bits per heavy atom. The van der Waals surface area contributed by atoms with Gasteiger partial charge in [0.05, 0.1) is 28.8 Å². The van der Waals surface area contributed by atoms with Crippen LogP contribution in [-0.4, -0.2) is 36.6 Å². The third kappa shape index (κ3) is 4.10. The van der Waals surface area contributed by atoms with Crippen molar-refractivity contribution in [1.82, 2.24) is 9.78 Å². The number of amides is 2. The van der Waals surface area contributed by atoms with E-state index in [1.54, 1.807) is 33.8 Å². The summed E-state index contributed by atoms with van der Waals surface area (Å²) in [5, 5.41) is 8.02. The summed E-state index contributed by atoms with van der Waals surface area (Å²) in [5.41, 5.74) is 4.42. The number of hydrogen-bond acceptors (Lipinski definition) is 5. The summed E-state index contributed by atoms with van der Waals surface area (Å²) in [6.45, 7) is 4.15. The summed E-state index contributed by atoms with van der Waals surface area (Å²) in [7, 11) is -3.31. The van der Waals surface area contributed by atoms with Crippen LogP contribution < -0.4 is 10.2 Å². The molecule has 1 N–H and O–H groups in total. The van der Waals surface area contributed by atoms with E-state index in [0.717, 1.165) is 16.8 Å². The Morgan fingerprint density at radius 3 is 2.56 bits per heavy atom. The highest BCUT2D eigenvalue weighted by Gasteiger charge is 2.38. The minimum absolute atomic E-state index is 0.0621. The number of fused-ring (bicyclic) bond motifs is 1. The summed E-state index contributed by atoms with van der Waals surface area (Å²) in [6.07, 6.45) is 0.0621. The van der Waals surface area contributed by atoms with E-state index in [1.807, 2.05) is 32.0 Å². The zero-order chi connectivity index (χ0) is 24.2. The van der Waals surface area contributed by atoms with Gasteiger partial charge >= 0.3 is 0 Å². The smallest absolute Gasteiger partial charge is 0.230 e. The van der Waals surface area contributed by atoms with Crippen molar-refractivity contribution in [3.8, 4) is 5.69 Å². The number of benzene rings is 2. The van der Waals surface area contributed by atoms with E-state index in [0.29, 0.717) is 27.8 Å². The van der Waals surface area contributed by atoms with Crippen molar-refractivity contribution < 1.29 is 18.0 Å². The van der Waals surface area contributed by atoms with E-state index in [1.165, 1.54) is 0 Å². The van der Waals surface area contributed by atoms with Crippen LogP contribution >= 0.6 is 11.6 Å². The summed E-state index contributed by atoms with van der Waals surface area (Å²) >= 11 is 5.95. The molecule has 2 aliphatic heterocycles. The number of carbonyl (C=O) groups is 2. The molecule has 1 fully saturated rings. The van der Waals surface area contributed by atoms with E-state index in [-0.39, 0.29) is 36.3 Å². The van der Waals surface area contributed by atoms with Gasteiger partial charge in [-0.25, -0.2) is 13.1 Å². The molecule has 0 radical (unpaired) electrons. The topological polar surface area (TPSA) is 101 Å². The first-order valence-electron chi connectivity index (χ1n) is 10.9. The summed E-state index contributed by atoms with van der Waals surface area (Å²) < 4.78 is 26.1. The Morgan fingerprint density at radius 2 is 1.85 bits per heavy atom. The number of aromatic nitrogens is 2. The lowest BCUT2D eigenvalue weighted by Crippen LogP contribution is -2.29. The van der Waals surface area contributed by atoms with E-state index in [4.69, 9.17) is 11.6 Å². The maximum atomic E-state index is 13.3. The first-order valence-corrected chi connectivity index (χ1v) is 13.1. The molecule has 1 aromatic heterocycles. The third-order valence-electron chi connectivity index (χ3n) is 6.24. The highest BCUT2D eigenvalue weighted by Crippen LogP contribution is 2.35. The van der Waals surface area contributed by atoms with Crippen LogP contribution in [0.3, 0.4) is 0 Å². The largest absolute Gasteiger partial charge is 0.312 e. The van der Waals surface area contributed by atoms with Gasteiger partial charge < -0.3 is 10.2 Å². The highest BCUT2D eigenvalue weighted by atomic mass is 35.5. The molecule has 34 heavy (non-hydrogen) atoms. The Bertz CT molecular complexity index is 1430. The molecule has 0 bridgehead atoms. The van der Waals surface area contributed by atoms with Gasteiger partial charge in [-0.3, -0.25) is 9.59 Å². The monoisotopic (exact) mass is 498 g/mol. The fourth-order valence-electron chi connectivity index (χ4n) is 4.56. The van der Waals surface area contributed by atoms with Crippen LogP contribution in [0.4, 0.5) is 11.5 Å². The molecule has 0 spiro atoms. The summed E-state index contributed by atoms with van der Waals surface area (Å²) in [4.78, 5) is 27.5. The van der Waals surface area contributed by atoms with Crippen molar-refractivity contribution in [2.75, 3.05) is 16.8 Å². The number of carbonyl (C=O) groups excluding carboxylic acids is 2. The lowest BCUT2D eigenvalue weighted by Gasteiger charge is -2.17. The molecule has 8 nitrogen and oxygen atoms in total. The molecular weight excluding hydrogens is 476 g/mol. The zero-order valence-corrected chi connectivity index (χ0v) is 20.3. The number of hydrogen-bond donors (Lipinski definition) is 1. The van der Waals surface area contributed by atoms with Crippen LogP contribution in [0, 0.1) is 19.8 Å². The first kappa shape index (κ1) is 22.6. The molecule has 10 heteroatoms. The number of anilines is 2. The Kier molecular flexibility index (Phi) is 5.49. The zero-order valence-electron chi connectivity index (χ0n) is 18.7. The van der Waals surface area contributed by atoms with Crippen molar-refractivity contribution in [1.29, 1.82) is 0 Å². The van der Waals surface area contributed by atoms with Gasteiger partial charge in [0.25, 0.3) is 0 Å². The molecule has 3 heterocycles. The highest BCUT2D eigenvalue weighted by molar-refractivity contribution is 7.90. The van der Waals surface area contributed by atoms with Crippen LogP contribution in [-0.2, 0) is 30.9 Å². The maximum absolute atomic E-state index is 13.3. The van der Waals surface area contributed by atoms with E-state index in [9.17, 15) is 18.0 Å². The molecule has 5 rings (SSSR count). The van der Waals surface area contributed by atoms with Gasteiger partial charge in [0.2, 0.25) is 11.8 Å². The second-order valence-electron chi connectivity index (χ2n) is 8.88. The molecular formula is C24H23ClN4O4S. The third-order valence-corrected chi connectivity index (χ3v) is 7.94. The molecule has 0 saturated carbocycles. The molecule has 2 amide bonds. The Labute approximate surface area is 202 Å². The van der Waals surface area contributed by atoms with Crippen molar-refractivity contribution in [2.45, 2.75) is 31.8 Å². The van der Waals surface area contributed by atoms with Gasteiger partial charge in [-0.1, -0.05) is 29.3 Å². The van der Waals surface area contributed by atoms with Crippen molar-refractivity contribution >= 4 is 44.8 Å². The van der Waals surface area contributed by atoms with E-state index in [2.05, 4.69) is 10.4 Å². The van der Waals surface area contributed by atoms with E-state index >= 15 is 0 Å². The van der Waals surface area contributed by atoms with Crippen molar-refractivity contribution in [3.63, 3.8) is 0 Å². The van der Waals surface area contributed by atoms with Crippen LogP contribution in [0.1, 0.15) is 28.8 Å². The lowest BCUT2D eigenvalue weighted by molar-refractivity contribution is -0.122. The molecule has 3 aromatic rings. The average Bonchev–Trinajstić information content (AvgIpc) is 3.39. The number of halogens is 1. The number of aryl methyl sites for hydroxylation is 2. The number of sulfone groups is 1. The van der Waals surface area contributed by atoms with E-state index < -0.39 is 15.8 Å². The van der Waals surface area contributed by atoms with Gasteiger partial charge in [-0.05, 0) is 49.7 Å². The summed E-state index contributed by atoms with van der Waals surface area (Å²) in [6, 6.07) is 12.7. The maximum Gasteiger partial charge on any atom is 0.230 e. The number of nitrogens with zero attached hydrogens (tertiary/aromatic N) is 3. The molecule has 2 aromatic carbocycles. The SMILES string of the molecule is Cc1ccc(-n2nc3c(c2NC(=O)C2CC(=O)N(c4ccc(Cl)cc4)C2)CS(=O)(=O)C3)c(C)c1. The van der Waals surface area contributed by atoms with Crippen LogP contribution in [0.15, 0.2) is 42.5 Å². The normalized spacial score (nSPS) is 18.9. The molecule has 0 aliphatic carbocycles. The minimum Gasteiger partial charge on any atom is -0.312 e. The second kappa shape index (κ2) is 8.25. The van der Waals surface area contributed by atoms with Gasteiger partial charge in [-0.15, -0.1) is 0 Å². The fraction of sp³-hybridized carbons (Fsp3) is 0.292. The lowest BCUT2D eigenvalue weighted by atomic mass is 10.1. The predicted octanol–water partition coefficient (Wildman–Crippen LogP) is 3.56. The van der Waals surface area contributed by atoms with Crippen LogP contribution in [0.25, 0.3) is 5.69 Å². The quantitative estimate of drug-likeness (QED) is 0.592. The van der Waals surface area contributed by atoms with Crippen LogP contribution in [0.2, 0.25) is 5.02 Å². The Hall–Kier alpha value is -3.17. The van der Waals surface area contributed by atoms with Crippen molar-refractivity contribution in [3.05, 3.63) is 69.9 Å². The number of nitrogens with one attached hydrogen (secondary N) is 1. The summed E-state index contributed by atoms with van der Waals surface area (Å²) in [5.74, 6) is -1.07. The first-order chi connectivity index (χ1) is 16.1. The minimum atomic E-state index is -3.31. The second-order valence-corrected chi connectivity index (χ2v) is 11.4. The van der Waals surface area contributed by atoms with Gasteiger partial charge in [0.1, 0.15) is 5.82 Å². The van der Waals surface area contributed by atoms with Crippen molar-refractivity contribution in [2.24, 2.45) is 5.92 Å². The van der Waals surface area contributed by atoms with Gasteiger partial charge in [0, 0.05) is 29.2 Å². The standard InChI is InChI=1S/C24H23ClN4O4S/c1-14-3-8-21(15(2)9-14)29-23(19-12-34(32,33)13-20(19)27-29)26-24(31)16-10-22(30)28(11-16)18-6-4-17(25)5-7-18/h3-9,16H,10-13H2,1-2H3,(H,26,31). The fourth-order valence-corrected chi connectivity index (χ4v) is 6.18. The molecule has 1 saturated heterocycles. The number of rotatable bonds is 4. The molecule has 2 aliphatic rings. The van der Waals surface area contributed by atoms with Gasteiger partial charge in [0.15, 0.2) is 9.84 Å². The Balaban J connectivity index is 1.45. The average molecular weight is 499 g/mol. The van der Waals surface area contributed by atoms with Crippen LogP contribution in [0.5, 0.6) is 0 Å².